The largest absolute Gasteiger partial charge is 0.384 e. The molecule has 0 aromatic rings. The monoisotopic (exact) mass is 202 g/mol. The Labute approximate surface area is 86.1 Å². The number of nitrogens with two attached hydrogens (primary N) is 1. The Morgan fingerprint density at radius 1 is 1.43 bits per heavy atom. The van der Waals surface area contributed by atoms with E-state index in [9.17, 15) is 0 Å². The zero-order chi connectivity index (χ0) is 11.0. The van der Waals surface area contributed by atoms with Crippen molar-refractivity contribution in [2.75, 3.05) is 20.3 Å². The minimum Gasteiger partial charge on any atom is -0.384 e. The lowest BCUT2D eigenvalue weighted by Crippen LogP contribution is -2.44. The van der Waals surface area contributed by atoms with Crippen LogP contribution in [-0.4, -0.2) is 32.3 Å². The highest BCUT2D eigenvalue weighted by Crippen LogP contribution is 1.95. The maximum Gasteiger partial charge on any atom is 0.205 e. The fourth-order valence-corrected chi connectivity index (χ4v) is 0.991. The Hall–Kier alpha value is -0.810. The molecule has 0 aliphatic rings. The number of nitrogens with one attached hydrogen (secondary N) is 2. The molecule has 4 N–H and O–H groups in total. The van der Waals surface area contributed by atoms with Crippen molar-refractivity contribution in [1.29, 1.82) is 0 Å². The number of aliphatic imine (C=N–C) groups is 1. The van der Waals surface area contributed by atoms with E-state index in [-0.39, 0.29) is 0 Å². The summed E-state index contributed by atoms with van der Waals surface area (Å²) in [5.41, 5.74) is 2.53. The summed E-state index contributed by atoms with van der Waals surface area (Å²) in [6.07, 6.45) is 0. The van der Waals surface area contributed by atoms with Crippen LogP contribution >= 0.6 is 0 Å². The van der Waals surface area contributed by atoms with Crippen LogP contribution in [0.2, 0.25) is 0 Å². The highest BCUT2D eigenvalue weighted by atomic mass is 16.5. The second kappa shape index (κ2) is 7.58. The van der Waals surface area contributed by atoms with Gasteiger partial charge in [-0.15, -0.1) is 0 Å². The van der Waals surface area contributed by atoms with E-state index in [2.05, 4.69) is 22.7 Å². The Morgan fingerprint density at radius 2 is 2.07 bits per heavy atom. The number of methoxy groups -OCH3 is 1. The number of guanidine groups is 1. The number of hydrazine groups is 1. The van der Waals surface area contributed by atoms with Crippen molar-refractivity contribution < 1.29 is 4.74 Å². The van der Waals surface area contributed by atoms with Gasteiger partial charge in [-0.1, -0.05) is 6.92 Å². The fraction of sp³-hybridized carbons (Fsp3) is 0.889. The van der Waals surface area contributed by atoms with E-state index in [1.807, 2.05) is 13.8 Å². The van der Waals surface area contributed by atoms with E-state index in [0.29, 0.717) is 31.1 Å². The first kappa shape index (κ1) is 13.2. The fourth-order valence-electron chi connectivity index (χ4n) is 0.991. The molecule has 84 valence electrons. The topological polar surface area (TPSA) is 71.7 Å². The van der Waals surface area contributed by atoms with Gasteiger partial charge >= 0.3 is 0 Å². The minimum atomic E-state index is 0.322. The summed E-state index contributed by atoms with van der Waals surface area (Å²) in [5, 5.41) is 3.10. The molecule has 0 spiro atoms. The predicted octanol–water partition coefficient (Wildman–Crippen LogP) is 0.0862. The molecular formula is C9H22N4O. The Balaban J connectivity index is 3.91. The Morgan fingerprint density at radius 3 is 2.50 bits per heavy atom. The third-order valence-electron chi connectivity index (χ3n) is 1.57. The van der Waals surface area contributed by atoms with Crippen molar-refractivity contribution in [2.45, 2.75) is 26.8 Å². The molecule has 0 bridgehead atoms. The number of rotatable bonds is 5. The van der Waals surface area contributed by atoms with E-state index in [1.54, 1.807) is 7.11 Å². The van der Waals surface area contributed by atoms with Gasteiger partial charge in [-0.2, -0.15) is 0 Å². The highest BCUT2D eigenvalue weighted by molar-refractivity contribution is 5.79. The van der Waals surface area contributed by atoms with Gasteiger partial charge in [-0.25, -0.2) is 5.84 Å². The molecule has 0 aromatic heterocycles. The molecule has 1 atom stereocenters. The average molecular weight is 202 g/mol. The van der Waals surface area contributed by atoms with E-state index < -0.39 is 0 Å². The van der Waals surface area contributed by atoms with Crippen molar-refractivity contribution in [3.05, 3.63) is 0 Å². The van der Waals surface area contributed by atoms with Gasteiger partial charge < -0.3 is 10.1 Å². The molecule has 0 aromatic carbocycles. The molecule has 0 saturated heterocycles. The van der Waals surface area contributed by atoms with Crippen molar-refractivity contribution >= 4 is 5.96 Å². The van der Waals surface area contributed by atoms with E-state index in [4.69, 9.17) is 10.6 Å². The number of hydrogen-bond acceptors (Lipinski definition) is 3. The standard InChI is InChI=1S/C9H22N4O/c1-7(2)12-9(13-10)11-5-8(3)6-14-4/h7-8H,5-6,10H2,1-4H3,(H2,11,12,13). The SMILES string of the molecule is COCC(C)CN=C(NN)NC(C)C. The molecule has 0 aliphatic carbocycles. The summed E-state index contributed by atoms with van der Waals surface area (Å²) >= 11 is 0. The van der Waals surface area contributed by atoms with E-state index >= 15 is 0 Å². The summed E-state index contributed by atoms with van der Waals surface area (Å²) in [6.45, 7) is 7.56. The second-order valence-electron chi connectivity index (χ2n) is 3.69. The van der Waals surface area contributed by atoms with Gasteiger partial charge in [0.25, 0.3) is 0 Å². The van der Waals surface area contributed by atoms with Crippen molar-refractivity contribution in [3.8, 4) is 0 Å². The molecule has 1 unspecified atom stereocenters. The molecule has 0 aliphatic heterocycles. The van der Waals surface area contributed by atoms with E-state index in [0.717, 1.165) is 0 Å². The van der Waals surface area contributed by atoms with Gasteiger partial charge in [0, 0.05) is 19.7 Å². The first-order valence-corrected chi connectivity index (χ1v) is 4.86. The molecule has 0 fully saturated rings. The third-order valence-corrected chi connectivity index (χ3v) is 1.57. The van der Waals surface area contributed by atoms with Crippen molar-refractivity contribution in [1.82, 2.24) is 10.7 Å². The lowest BCUT2D eigenvalue weighted by molar-refractivity contribution is 0.163. The number of nitrogens with zero attached hydrogens (tertiary/aromatic N) is 1. The minimum absolute atomic E-state index is 0.322. The van der Waals surface area contributed by atoms with Gasteiger partial charge in [0.05, 0.1) is 6.61 Å². The zero-order valence-corrected chi connectivity index (χ0v) is 9.50. The smallest absolute Gasteiger partial charge is 0.205 e. The summed E-state index contributed by atoms with van der Waals surface area (Å²) in [5.74, 6) is 6.33. The van der Waals surface area contributed by atoms with Gasteiger partial charge in [-0.05, 0) is 19.8 Å². The van der Waals surface area contributed by atoms with Gasteiger partial charge in [-0.3, -0.25) is 10.4 Å². The van der Waals surface area contributed by atoms with Crippen LogP contribution in [0, 0.1) is 5.92 Å². The summed E-state index contributed by atoms with van der Waals surface area (Å²) in [4.78, 5) is 4.29. The van der Waals surface area contributed by atoms with Crippen LogP contribution in [0.15, 0.2) is 4.99 Å². The number of hydrogen-bond donors (Lipinski definition) is 3. The maximum absolute atomic E-state index is 5.31. The van der Waals surface area contributed by atoms with E-state index in [1.165, 1.54) is 0 Å². The first-order chi connectivity index (χ1) is 6.60. The van der Waals surface area contributed by atoms with Crippen LogP contribution in [0.25, 0.3) is 0 Å². The molecular weight excluding hydrogens is 180 g/mol. The Bertz CT molecular complexity index is 170. The molecule has 5 nitrogen and oxygen atoms in total. The first-order valence-electron chi connectivity index (χ1n) is 4.86. The number of ether oxygens (including phenoxy) is 1. The second-order valence-corrected chi connectivity index (χ2v) is 3.69. The lowest BCUT2D eigenvalue weighted by atomic mass is 10.2. The summed E-state index contributed by atoms with van der Waals surface area (Å²) in [6, 6.07) is 0.322. The molecule has 0 amide bonds. The van der Waals surface area contributed by atoms with Gasteiger partial charge in [0.2, 0.25) is 5.96 Å². The van der Waals surface area contributed by atoms with Crippen LogP contribution in [0.1, 0.15) is 20.8 Å². The summed E-state index contributed by atoms with van der Waals surface area (Å²) in [7, 11) is 1.69. The highest BCUT2D eigenvalue weighted by Gasteiger charge is 2.02. The Kier molecular flexibility index (Phi) is 7.14. The lowest BCUT2D eigenvalue weighted by Gasteiger charge is -2.13. The predicted molar refractivity (Wildman–Crippen MR) is 58.9 cm³/mol. The third kappa shape index (κ3) is 6.68. The van der Waals surface area contributed by atoms with Crippen LogP contribution in [0.3, 0.4) is 0 Å². The van der Waals surface area contributed by atoms with Gasteiger partial charge in [0.1, 0.15) is 0 Å². The van der Waals surface area contributed by atoms with Crippen LogP contribution in [-0.2, 0) is 4.74 Å². The molecule has 0 saturated carbocycles. The van der Waals surface area contributed by atoms with Crippen LogP contribution in [0.4, 0.5) is 0 Å². The quantitative estimate of drug-likeness (QED) is 0.256. The molecule has 5 heteroatoms. The maximum atomic E-state index is 5.31. The summed E-state index contributed by atoms with van der Waals surface area (Å²) < 4.78 is 5.01. The average Bonchev–Trinajstić information content (AvgIpc) is 2.12. The normalized spacial score (nSPS) is 14.3. The molecule has 14 heavy (non-hydrogen) atoms. The van der Waals surface area contributed by atoms with Crippen LogP contribution in [0.5, 0.6) is 0 Å². The van der Waals surface area contributed by atoms with Gasteiger partial charge in [0.15, 0.2) is 0 Å². The molecule has 0 heterocycles. The zero-order valence-electron chi connectivity index (χ0n) is 9.50. The van der Waals surface area contributed by atoms with Crippen molar-refractivity contribution in [3.63, 3.8) is 0 Å². The van der Waals surface area contributed by atoms with Crippen LogP contribution < -0.4 is 16.6 Å². The molecule has 0 radical (unpaired) electrons. The molecule has 0 rings (SSSR count). The van der Waals surface area contributed by atoms with Crippen molar-refractivity contribution in [2.24, 2.45) is 16.8 Å².